The zero-order valence-electron chi connectivity index (χ0n) is 12.0. The van der Waals surface area contributed by atoms with Crippen molar-refractivity contribution in [1.82, 2.24) is 4.98 Å². The lowest BCUT2D eigenvalue weighted by molar-refractivity contribution is -0.385. The van der Waals surface area contributed by atoms with Crippen molar-refractivity contribution < 1.29 is 9.66 Å². The standard InChI is InChI=1S/C15H17N3O3/c1-3-16-12-6-7-17-13(8-12)10-21-15-9-14(18(19)20)5-4-11(15)2/h4-9H,3,10H2,1-2H3,(H,16,17). The molecule has 1 heterocycles. The number of aromatic nitrogens is 1. The predicted octanol–water partition coefficient (Wildman–Crippen LogP) is 3.31. The molecule has 1 aromatic carbocycles. The third-order valence-corrected chi connectivity index (χ3v) is 2.96. The summed E-state index contributed by atoms with van der Waals surface area (Å²) in [5.41, 5.74) is 2.61. The smallest absolute Gasteiger partial charge is 0.273 e. The normalized spacial score (nSPS) is 10.2. The molecule has 1 aromatic heterocycles. The van der Waals surface area contributed by atoms with Gasteiger partial charge in [0.25, 0.3) is 5.69 Å². The Morgan fingerprint density at radius 3 is 2.86 bits per heavy atom. The van der Waals surface area contributed by atoms with Gasteiger partial charge in [0, 0.05) is 24.5 Å². The van der Waals surface area contributed by atoms with E-state index in [2.05, 4.69) is 10.3 Å². The molecule has 0 spiro atoms. The minimum absolute atomic E-state index is 0.0185. The monoisotopic (exact) mass is 287 g/mol. The molecule has 0 aliphatic heterocycles. The Morgan fingerprint density at radius 1 is 1.33 bits per heavy atom. The SMILES string of the molecule is CCNc1ccnc(COc2cc([N+](=O)[O-])ccc2C)c1. The Kier molecular flexibility index (Phi) is 4.71. The second kappa shape index (κ2) is 6.69. The van der Waals surface area contributed by atoms with E-state index in [9.17, 15) is 10.1 Å². The molecule has 0 amide bonds. The summed E-state index contributed by atoms with van der Waals surface area (Å²) in [5.74, 6) is 0.500. The lowest BCUT2D eigenvalue weighted by atomic mass is 10.2. The minimum atomic E-state index is -0.434. The topological polar surface area (TPSA) is 77.3 Å². The number of hydrogen-bond acceptors (Lipinski definition) is 5. The summed E-state index contributed by atoms with van der Waals surface area (Å²) in [6.45, 7) is 4.96. The molecular weight excluding hydrogens is 270 g/mol. The molecule has 0 saturated carbocycles. The van der Waals surface area contributed by atoms with Gasteiger partial charge in [0.15, 0.2) is 0 Å². The molecular formula is C15H17N3O3. The van der Waals surface area contributed by atoms with Crippen LogP contribution in [0.5, 0.6) is 5.75 Å². The van der Waals surface area contributed by atoms with Crippen LogP contribution in [0.25, 0.3) is 0 Å². The van der Waals surface area contributed by atoms with Crippen LogP contribution in [-0.4, -0.2) is 16.5 Å². The van der Waals surface area contributed by atoms with E-state index in [1.807, 2.05) is 26.0 Å². The molecule has 0 radical (unpaired) electrons. The summed E-state index contributed by atoms with van der Waals surface area (Å²) < 4.78 is 5.65. The maximum absolute atomic E-state index is 10.8. The molecule has 0 atom stereocenters. The Balaban J connectivity index is 2.10. The van der Waals surface area contributed by atoms with Crippen LogP contribution in [0, 0.1) is 17.0 Å². The molecule has 1 N–H and O–H groups in total. The number of nitro groups is 1. The van der Waals surface area contributed by atoms with Crippen LogP contribution in [-0.2, 0) is 6.61 Å². The number of rotatable bonds is 6. The van der Waals surface area contributed by atoms with E-state index < -0.39 is 4.92 Å². The van der Waals surface area contributed by atoms with Crippen molar-refractivity contribution in [2.24, 2.45) is 0 Å². The van der Waals surface area contributed by atoms with Crippen molar-refractivity contribution in [3.05, 3.63) is 57.9 Å². The lowest BCUT2D eigenvalue weighted by Gasteiger charge is -2.09. The van der Waals surface area contributed by atoms with E-state index >= 15 is 0 Å². The minimum Gasteiger partial charge on any atom is -0.487 e. The summed E-state index contributed by atoms with van der Waals surface area (Å²) in [7, 11) is 0. The average Bonchev–Trinajstić information content (AvgIpc) is 2.47. The molecule has 0 aliphatic rings. The number of benzene rings is 1. The number of nitro benzene ring substituents is 1. The highest BCUT2D eigenvalue weighted by Gasteiger charge is 2.10. The average molecular weight is 287 g/mol. The van der Waals surface area contributed by atoms with Crippen LogP contribution in [0.15, 0.2) is 36.5 Å². The number of ether oxygens (including phenoxy) is 1. The highest BCUT2D eigenvalue weighted by molar-refractivity contribution is 5.45. The van der Waals surface area contributed by atoms with Crippen LogP contribution in [0.1, 0.15) is 18.2 Å². The van der Waals surface area contributed by atoms with E-state index in [-0.39, 0.29) is 12.3 Å². The van der Waals surface area contributed by atoms with E-state index in [0.717, 1.165) is 23.5 Å². The Hall–Kier alpha value is -2.63. The first-order valence-electron chi connectivity index (χ1n) is 6.66. The maximum Gasteiger partial charge on any atom is 0.273 e. The fraction of sp³-hybridized carbons (Fsp3) is 0.267. The molecule has 2 aromatic rings. The highest BCUT2D eigenvalue weighted by atomic mass is 16.6. The van der Waals surface area contributed by atoms with Crippen LogP contribution in [0.3, 0.4) is 0 Å². The zero-order chi connectivity index (χ0) is 15.2. The van der Waals surface area contributed by atoms with E-state index in [1.54, 1.807) is 12.3 Å². The van der Waals surface area contributed by atoms with Gasteiger partial charge >= 0.3 is 0 Å². The number of hydrogen-bond donors (Lipinski definition) is 1. The number of anilines is 1. The fourth-order valence-electron chi connectivity index (χ4n) is 1.88. The Morgan fingerprint density at radius 2 is 2.14 bits per heavy atom. The fourth-order valence-corrected chi connectivity index (χ4v) is 1.88. The third-order valence-electron chi connectivity index (χ3n) is 2.96. The molecule has 0 fully saturated rings. The van der Waals surface area contributed by atoms with Crippen molar-refractivity contribution in [2.45, 2.75) is 20.5 Å². The third kappa shape index (κ3) is 3.92. The van der Waals surface area contributed by atoms with Crippen molar-refractivity contribution in [3.63, 3.8) is 0 Å². The van der Waals surface area contributed by atoms with Crippen molar-refractivity contribution in [1.29, 1.82) is 0 Å². The lowest BCUT2D eigenvalue weighted by Crippen LogP contribution is -2.02. The van der Waals surface area contributed by atoms with Gasteiger partial charge in [-0.1, -0.05) is 0 Å². The second-order valence-electron chi connectivity index (χ2n) is 4.56. The van der Waals surface area contributed by atoms with Crippen LogP contribution in [0.2, 0.25) is 0 Å². The molecule has 6 heteroatoms. The van der Waals surface area contributed by atoms with Crippen LogP contribution >= 0.6 is 0 Å². The van der Waals surface area contributed by atoms with Crippen LogP contribution < -0.4 is 10.1 Å². The first kappa shape index (κ1) is 14.8. The molecule has 0 unspecified atom stereocenters. The predicted molar refractivity (Wildman–Crippen MR) is 80.6 cm³/mol. The highest BCUT2D eigenvalue weighted by Crippen LogP contribution is 2.24. The summed E-state index contributed by atoms with van der Waals surface area (Å²) in [4.78, 5) is 14.6. The molecule has 0 aliphatic carbocycles. The van der Waals surface area contributed by atoms with Crippen molar-refractivity contribution >= 4 is 11.4 Å². The molecule has 21 heavy (non-hydrogen) atoms. The van der Waals surface area contributed by atoms with Gasteiger partial charge in [-0.2, -0.15) is 0 Å². The van der Waals surface area contributed by atoms with Crippen molar-refractivity contribution in [3.8, 4) is 5.75 Å². The Labute approximate surface area is 122 Å². The van der Waals surface area contributed by atoms with E-state index in [1.165, 1.54) is 12.1 Å². The van der Waals surface area contributed by atoms with E-state index in [0.29, 0.717) is 5.75 Å². The van der Waals surface area contributed by atoms with E-state index in [4.69, 9.17) is 4.74 Å². The number of non-ortho nitro benzene ring substituents is 1. The van der Waals surface area contributed by atoms with Gasteiger partial charge in [-0.25, -0.2) is 0 Å². The van der Waals surface area contributed by atoms with Gasteiger partial charge in [-0.15, -0.1) is 0 Å². The molecule has 0 saturated heterocycles. The molecule has 110 valence electrons. The summed E-state index contributed by atoms with van der Waals surface area (Å²) in [6.07, 6.45) is 1.71. The van der Waals surface area contributed by atoms with Gasteiger partial charge in [-0.3, -0.25) is 15.1 Å². The van der Waals surface area contributed by atoms with Crippen molar-refractivity contribution in [2.75, 3.05) is 11.9 Å². The van der Waals surface area contributed by atoms with Gasteiger partial charge < -0.3 is 10.1 Å². The molecule has 2 rings (SSSR count). The molecule has 6 nitrogen and oxygen atoms in total. The van der Waals surface area contributed by atoms with Gasteiger partial charge in [0.05, 0.1) is 16.7 Å². The summed E-state index contributed by atoms with van der Waals surface area (Å²) in [6, 6.07) is 8.35. The quantitative estimate of drug-likeness (QED) is 0.651. The number of nitrogens with zero attached hydrogens (tertiary/aromatic N) is 2. The number of nitrogens with one attached hydrogen (secondary N) is 1. The van der Waals surface area contributed by atoms with Crippen LogP contribution in [0.4, 0.5) is 11.4 Å². The van der Waals surface area contributed by atoms with Gasteiger partial charge in [0.1, 0.15) is 12.4 Å². The van der Waals surface area contributed by atoms with Gasteiger partial charge in [-0.05, 0) is 37.6 Å². The second-order valence-corrected chi connectivity index (χ2v) is 4.56. The first-order chi connectivity index (χ1) is 10.1. The first-order valence-corrected chi connectivity index (χ1v) is 6.66. The Bertz CT molecular complexity index is 644. The zero-order valence-corrected chi connectivity index (χ0v) is 12.0. The summed E-state index contributed by atoms with van der Waals surface area (Å²) >= 11 is 0. The number of aryl methyl sites for hydroxylation is 1. The van der Waals surface area contributed by atoms with Gasteiger partial charge in [0.2, 0.25) is 0 Å². The largest absolute Gasteiger partial charge is 0.487 e. The molecule has 0 bridgehead atoms. The maximum atomic E-state index is 10.8. The number of pyridine rings is 1. The summed E-state index contributed by atoms with van der Waals surface area (Å²) in [5, 5.41) is 14.0.